The van der Waals surface area contributed by atoms with Crippen LogP contribution in [0.4, 0.5) is 0 Å². The lowest BCUT2D eigenvalue weighted by Gasteiger charge is -2.03. The number of pyridine rings is 1. The van der Waals surface area contributed by atoms with Gasteiger partial charge in [0.15, 0.2) is 5.70 Å². The van der Waals surface area contributed by atoms with Crippen molar-refractivity contribution in [3.63, 3.8) is 0 Å². The van der Waals surface area contributed by atoms with Crippen LogP contribution in [-0.4, -0.2) is 23.1 Å². The Bertz CT molecular complexity index is 785. The van der Waals surface area contributed by atoms with Crippen molar-refractivity contribution >= 4 is 41.3 Å². The van der Waals surface area contributed by atoms with E-state index in [2.05, 4.69) is 9.98 Å². The fourth-order valence-corrected chi connectivity index (χ4v) is 2.62. The van der Waals surface area contributed by atoms with Crippen molar-refractivity contribution in [2.45, 2.75) is 5.03 Å². The number of hydrogen-bond acceptors (Lipinski definition) is 5. The van der Waals surface area contributed by atoms with E-state index in [1.807, 2.05) is 24.5 Å². The predicted octanol–water partition coefficient (Wildman–Crippen LogP) is 3.80. The summed E-state index contributed by atoms with van der Waals surface area (Å²) in [6.07, 6.45) is 5.27. The number of halogens is 1. The van der Waals surface area contributed by atoms with E-state index in [1.165, 1.54) is 11.8 Å². The normalized spacial score (nSPS) is 15.8. The summed E-state index contributed by atoms with van der Waals surface area (Å²) < 4.78 is 5.26. The molecule has 0 fully saturated rings. The quantitative estimate of drug-likeness (QED) is 0.488. The van der Waals surface area contributed by atoms with Crippen LogP contribution in [0.3, 0.4) is 0 Å². The van der Waals surface area contributed by atoms with E-state index in [-0.39, 0.29) is 11.6 Å². The Morgan fingerprint density at radius 3 is 2.73 bits per heavy atom. The first kappa shape index (κ1) is 14.8. The summed E-state index contributed by atoms with van der Waals surface area (Å²) in [6.45, 7) is 0. The molecule has 0 saturated heterocycles. The Morgan fingerprint density at radius 2 is 2.00 bits per heavy atom. The van der Waals surface area contributed by atoms with Crippen LogP contribution in [0.1, 0.15) is 11.1 Å². The lowest BCUT2D eigenvalue weighted by atomic mass is 10.2. The van der Waals surface area contributed by atoms with E-state index < -0.39 is 5.97 Å². The molecule has 0 amide bonds. The molecule has 2 aromatic rings. The summed E-state index contributed by atoms with van der Waals surface area (Å²) in [7, 11) is 0. The first-order valence-corrected chi connectivity index (χ1v) is 8.05. The molecule has 22 heavy (non-hydrogen) atoms. The molecule has 0 saturated carbocycles. The van der Waals surface area contributed by atoms with Crippen LogP contribution < -0.4 is 0 Å². The van der Waals surface area contributed by atoms with Crippen molar-refractivity contribution in [3.8, 4) is 0 Å². The highest BCUT2D eigenvalue weighted by Crippen LogP contribution is 2.24. The third-order valence-electron chi connectivity index (χ3n) is 2.99. The maximum absolute atomic E-state index is 12.0. The van der Waals surface area contributed by atoms with Crippen LogP contribution in [0.2, 0.25) is 5.02 Å². The lowest BCUT2D eigenvalue weighted by Crippen LogP contribution is -2.07. The molecule has 4 nitrogen and oxygen atoms in total. The van der Waals surface area contributed by atoms with Gasteiger partial charge in [-0.25, -0.2) is 14.8 Å². The molecule has 1 aromatic carbocycles. The highest BCUT2D eigenvalue weighted by atomic mass is 35.5. The lowest BCUT2D eigenvalue weighted by molar-refractivity contribution is -0.129. The zero-order valence-electron chi connectivity index (χ0n) is 11.6. The number of thioether (sulfide) groups is 1. The highest BCUT2D eigenvalue weighted by molar-refractivity contribution is 7.98. The minimum atomic E-state index is -0.471. The van der Waals surface area contributed by atoms with Crippen LogP contribution in [0.25, 0.3) is 6.08 Å². The second kappa shape index (κ2) is 6.34. The van der Waals surface area contributed by atoms with Crippen LogP contribution in [0.15, 0.2) is 58.3 Å². The molecule has 0 atom stereocenters. The molecule has 0 N–H and O–H groups in total. The summed E-state index contributed by atoms with van der Waals surface area (Å²) in [5.41, 5.74) is 1.80. The third kappa shape index (κ3) is 3.05. The van der Waals surface area contributed by atoms with Crippen molar-refractivity contribution in [1.82, 2.24) is 4.98 Å². The average Bonchev–Trinajstić information content (AvgIpc) is 2.90. The molecule has 6 heteroatoms. The number of cyclic esters (lactones) is 1. The summed E-state index contributed by atoms with van der Waals surface area (Å²) in [5, 5.41) is 1.40. The standard InChI is InChI=1S/C16H11ClN2O2S/c1-22-15-12(3-2-8-18-15)14-19-13(16(20)21-14)9-10-4-6-11(17)7-5-10/h2-9H,1H3/b13-9-. The Morgan fingerprint density at radius 1 is 1.23 bits per heavy atom. The maximum Gasteiger partial charge on any atom is 0.363 e. The number of carbonyl (C=O) groups excluding carboxylic acids is 1. The second-order valence-electron chi connectivity index (χ2n) is 4.45. The predicted molar refractivity (Wildman–Crippen MR) is 88.1 cm³/mol. The van der Waals surface area contributed by atoms with Gasteiger partial charge in [-0.05, 0) is 42.2 Å². The SMILES string of the molecule is CSc1ncccc1C1=N/C(=C\c2ccc(Cl)cc2)C(=O)O1. The molecule has 0 unspecified atom stereocenters. The van der Waals surface area contributed by atoms with Crippen LogP contribution in [0, 0.1) is 0 Å². The number of benzene rings is 1. The van der Waals surface area contributed by atoms with Gasteiger partial charge in [-0.15, -0.1) is 11.8 Å². The minimum Gasteiger partial charge on any atom is -0.402 e. The summed E-state index contributed by atoms with van der Waals surface area (Å²) in [6, 6.07) is 10.8. The molecule has 110 valence electrons. The molecule has 0 aliphatic carbocycles. The van der Waals surface area contributed by atoms with Gasteiger partial charge in [-0.3, -0.25) is 0 Å². The van der Waals surface area contributed by atoms with Gasteiger partial charge < -0.3 is 4.74 Å². The molecule has 2 heterocycles. The second-order valence-corrected chi connectivity index (χ2v) is 5.68. The number of hydrogen-bond donors (Lipinski definition) is 0. The molecular weight excluding hydrogens is 320 g/mol. The Hall–Kier alpha value is -2.11. The Balaban J connectivity index is 1.96. The molecule has 1 aliphatic rings. The summed E-state index contributed by atoms with van der Waals surface area (Å²) in [5.74, 6) is -0.191. The van der Waals surface area contributed by atoms with E-state index in [4.69, 9.17) is 16.3 Å². The number of esters is 1. The third-order valence-corrected chi connectivity index (χ3v) is 3.95. The number of nitrogens with zero attached hydrogens (tertiary/aromatic N) is 2. The number of aliphatic imine (C=N–C) groups is 1. The molecular formula is C16H11ClN2O2S. The van der Waals surface area contributed by atoms with Gasteiger partial charge >= 0.3 is 5.97 Å². The van der Waals surface area contributed by atoms with Crippen LogP contribution in [0.5, 0.6) is 0 Å². The summed E-state index contributed by atoms with van der Waals surface area (Å²) >= 11 is 7.32. The highest BCUT2D eigenvalue weighted by Gasteiger charge is 2.25. The van der Waals surface area contributed by atoms with Crippen molar-refractivity contribution in [1.29, 1.82) is 0 Å². The van der Waals surface area contributed by atoms with Gasteiger partial charge in [0.2, 0.25) is 5.90 Å². The van der Waals surface area contributed by atoms with Gasteiger partial charge in [0.05, 0.1) is 5.56 Å². The van der Waals surface area contributed by atoms with E-state index in [0.29, 0.717) is 10.6 Å². The minimum absolute atomic E-state index is 0.258. The monoisotopic (exact) mass is 330 g/mol. The van der Waals surface area contributed by atoms with Gasteiger partial charge in [-0.2, -0.15) is 0 Å². The Labute approximate surface area is 136 Å². The van der Waals surface area contributed by atoms with Gasteiger partial charge in [0, 0.05) is 11.2 Å². The smallest absolute Gasteiger partial charge is 0.363 e. The zero-order valence-corrected chi connectivity index (χ0v) is 13.2. The number of carbonyl (C=O) groups is 1. The molecule has 0 bridgehead atoms. The molecule has 0 radical (unpaired) electrons. The van der Waals surface area contributed by atoms with E-state index in [9.17, 15) is 4.79 Å². The van der Waals surface area contributed by atoms with Crippen molar-refractivity contribution in [2.75, 3.05) is 6.26 Å². The largest absolute Gasteiger partial charge is 0.402 e. The van der Waals surface area contributed by atoms with Gasteiger partial charge in [0.1, 0.15) is 5.03 Å². The molecule has 3 rings (SSSR count). The summed E-state index contributed by atoms with van der Waals surface area (Å²) in [4.78, 5) is 20.5. The zero-order chi connectivity index (χ0) is 15.5. The van der Waals surface area contributed by atoms with Crippen LogP contribution >= 0.6 is 23.4 Å². The Kier molecular flexibility index (Phi) is 4.27. The first-order valence-electron chi connectivity index (χ1n) is 6.45. The van der Waals surface area contributed by atoms with Crippen molar-refractivity contribution < 1.29 is 9.53 Å². The van der Waals surface area contributed by atoms with Gasteiger partial charge in [-0.1, -0.05) is 23.7 Å². The maximum atomic E-state index is 12.0. The number of rotatable bonds is 3. The van der Waals surface area contributed by atoms with E-state index in [1.54, 1.807) is 30.5 Å². The van der Waals surface area contributed by atoms with Crippen LogP contribution in [-0.2, 0) is 9.53 Å². The molecule has 1 aromatic heterocycles. The van der Waals surface area contributed by atoms with E-state index >= 15 is 0 Å². The van der Waals surface area contributed by atoms with Crippen molar-refractivity contribution in [3.05, 3.63) is 64.4 Å². The number of ether oxygens (including phenoxy) is 1. The van der Waals surface area contributed by atoms with Gasteiger partial charge in [0.25, 0.3) is 0 Å². The van der Waals surface area contributed by atoms with E-state index in [0.717, 1.165) is 10.6 Å². The average molecular weight is 331 g/mol. The number of aromatic nitrogens is 1. The van der Waals surface area contributed by atoms with Crippen molar-refractivity contribution in [2.24, 2.45) is 4.99 Å². The molecule has 1 aliphatic heterocycles. The molecule has 0 spiro atoms. The first-order chi connectivity index (χ1) is 10.7. The fourth-order valence-electron chi connectivity index (χ4n) is 1.96. The topological polar surface area (TPSA) is 51.5 Å². The fraction of sp³-hybridized carbons (Fsp3) is 0.0625.